The highest BCUT2D eigenvalue weighted by Gasteiger charge is 2.24. The standard InChI is InChI=1S/C13H18O2/c1-6-13(5,15)12-8(2)7-11(14)9(3)10(12)4/h6-7,14-15H,1H2,2-5H3. The zero-order valence-electron chi connectivity index (χ0n) is 9.76. The fourth-order valence-electron chi connectivity index (χ4n) is 1.94. The van der Waals surface area contributed by atoms with Crippen LogP contribution in [0.2, 0.25) is 0 Å². The Bertz CT molecular complexity index is 403. The molecule has 2 heteroatoms. The van der Waals surface area contributed by atoms with E-state index in [9.17, 15) is 10.2 Å². The third-order valence-electron chi connectivity index (χ3n) is 2.97. The van der Waals surface area contributed by atoms with Crippen molar-refractivity contribution in [3.8, 4) is 5.75 Å². The molecule has 1 aromatic carbocycles. The highest BCUT2D eigenvalue weighted by atomic mass is 16.3. The Morgan fingerprint density at radius 2 is 1.80 bits per heavy atom. The van der Waals surface area contributed by atoms with E-state index in [0.717, 1.165) is 22.3 Å². The summed E-state index contributed by atoms with van der Waals surface area (Å²) in [6, 6.07) is 1.68. The van der Waals surface area contributed by atoms with Gasteiger partial charge in [-0.3, -0.25) is 0 Å². The number of aryl methyl sites for hydroxylation is 1. The Morgan fingerprint density at radius 3 is 2.27 bits per heavy atom. The first kappa shape index (κ1) is 11.8. The fraction of sp³-hybridized carbons (Fsp3) is 0.385. The number of benzene rings is 1. The normalized spacial score (nSPS) is 14.7. The van der Waals surface area contributed by atoms with Gasteiger partial charge in [-0.25, -0.2) is 0 Å². The summed E-state index contributed by atoms with van der Waals surface area (Å²) in [4.78, 5) is 0. The molecule has 0 saturated heterocycles. The highest BCUT2D eigenvalue weighted by molar-refractivity contribution is 5.50. The molecule has 0 amide bonds. The predicted octanol–water partition coefficient (Wildman–Crippen LogP) is 2.71. The molecular formula is C13H18O2. The van der Waals surface area contributed by atoms with Crippen molar-refractivity contribution in [3.63, 3.8) is 0 Å². The molecule has 0 aliphatic rings. The van der Waals surface area contributed by atoms with Gasteiger partial charge in [-0.1, -0.05) is 12.7 Å². The van der Waals surface area contributed by atoms with Crippen molar-refractivity contribution in [1.82, 2.24) is 0 Å². The van der Waals surface area contributed by atoms with E-state index in [1.807, 2.05) is 20.8 Å². The molecule has 0 bridgehead atoms. The van der Waals surface area contributed by atoms with Crippen LogP contribution in [0.3, 0.4) is 0 Å². The largest absolute Gasteiger partial charge is 0.508 e. The Labute approximate surface area is 90.9 Å². The number of aliphatic hydroxyl groups is 1. The third kappa shape index (κ3) is 1.90. The van der Waals surface area contributed by atoms with Crippen LogP contribution in [-0.4, -0.2) is 10.2 Å². The topological polar surface area (TPSA) is 40.5 Å². The van der Waals surface area contributed by atoms with Crippen molar-refractivity contribution < 1.29 is 10.2 Å². The molecule has 1 unspecified atom stereocenters. The Hall–Kier alpha value is -1.28. The van der Waals surface area contributed by atoms with Crippen molar-refractivity contribution in [2.24, 2.45) is 0 Å². The van der Waals surface area contributed by atoms with Gasteiger partial charge in [0, 0.05) is 0 Å². The van der Waals surface area contributed by atoms with Gasteiger partial charge in [-0.05, 0) is 56.0 Å². The molecule has 0 aliphatic carbocycles. The second-order valence-corrected chi connectivity index (χ2v) is 4.19. The molecule has 0 heterocycles. The van der Waals surface area contributed by atoms with Crippen LogP contribution in [-0.2, 0) is 5.60 Å². The Morgan fingerprint density at radius 1 is 1.27 bits per heavy atom. The van der Waals surface area contributed by atoms with Gasteiger partial charge in [-0.15, -0.1) is 0 Å². The van der Waals surface area contributed by atoms with E-state index in [-0.39, 0.29) is 5.75 Å². The number of aromatic hydroxyl groups is 1. The maximum Gasteiger partial charge on any atom is 0.119 e. The van der Waals surface area contributed by atoms with Crippen LogP contribution in [0.25, 0.3) is 0 Å². The summed E-state index contributed by atoms with van der Waals surface area (Å²) in [7, 11) is 0. The van der Waals surface area contributed by atoms with E-state index in [1.54, 1.807) is 13.0 Å². The molecule has 1 rings (SSSR count). The molecule has 2 nitrogen and oxygen atoms in total. The Balaban J connectivity index is 3.56. The number of phenols is 1. The second kappa shape index (κ2) is 3.70. The molecule has 1 aromatic rings. The van der Waals surface area contributed by atoms with Crippen LogP contribution < -0.4 is 0 Å². The molecule has 0 saturated carbocycles. The minimum absolute atomic E-state index is 0.272. The lowest BCUT2D eigenvalue weighted by Crippen LogP contribution is -2.21. The molecular weight excluding hydrogens is 188 g/mol. The first-order chi connectivity index (χ1) is 6.81. The van der Waals surface area contributed by atoms with E-state index >= 15 is 0 Å². The van der Waals surface area contributed by atoms with Gasteiger partial charge in [0.1, 0.15) is 11.4 Å². The molecule has 82 valence electrons. The summed E-state index contributed by atoms with van der Waals surface area (Å²) in [5.41, 5.74) is 2.37. The van der Waals surface area contributed by atoms with Crippen molar-refractivity contribution in [3.05, 3.63) is 41.0 Å². The first-order valence-electron chi connectivity index (χ1n) is 4.97. The predicted molar refractivity (Wildman–Crippen MR) is 62.1 cm³/mol. The van der Waals surface area contributed by atoms with Gasteiger partial charge in [0.25, 0.3) is 0 Å². The number of phenolic OH excluding ortho intramolecular Hbond substituents is 1. The maximum atomic E-state index is 10.2. The molecule has 0 spiro atoms. The minimum Gasteiger partial charge on any atom is -0.508 e. The quantitative estimate of drug-likeness (QED) is 0.730. The number of rotatable bonds is 2. The second-order valence-electron chi connectivity index (χ2n) is 4.19. The van der Waals surface area contributed by atoms with Crippen molar-refractivity contribution >= 4 is 0 Å². The van der Waals surface area contributed by atoms with Gasteiger partial charge in [0.15, 0.2) is 0 Å². The van der Waals surface area contributed by atoms with E-state index in [2.05, 4.69) is 6.58 Å². The summed E-state index contributed by atoms with van der Waals surface area (Å²) in [6.45, 7) is 10.9. The monoisotopic (exact) mass is 206 g/mol. The lowest BCUT2D eigenvalue weighted by molar-refractivity contribution is 0.110. The van der Waals surface area contributed by atoms with Crippen LogP contribution in [0.5, 0.6) is 5.75 Å². The van der Waals surface area contributed by atoms with Gasteiger partial charge >= 0.3 is 0 Å². The average molecular weight is 206 g/mol. The molecule has 1 atom stereocenters. The lowest BCUT2D eigenvalue weighted by Gasteiger charge is -2.25. The zero-order valence-corrected chi connectivity index (χ0v) is 9.76. The highest BCUT2D eigenvalue weighted by Crippen LogP contribution is 2.34. The van der Waals surface area contributed by atoms with Crippen molar-refractivity contribution in [2.45, 2.75) is 33.3 Å². The van der Waals surface area contributed by atoms with E-state index in [0.29, 0.717) is 0 Å². The summed E-state index contributed by atoms with van der Waals surface area (Å²) >= 11 is 0. The van der Waals surface area contributed by atoms with E-state index in [4.69, 9.17) is 0 Å². The summed E-state index contributed by atoms with van der Waals surface area (Å²) in [5.74, 6) is 0.272. The number of hydrogen-bond donors (Lipinski definition) is 2. The molecule has 0 aliphatic heterocycles. The summed E-state index contributed by atoms with van der Waals surface area (Å²) in [6.07, 6.45) is 1.51. The van der Waals surface area contributed by atoms with Crippen LogP contribution >= 0.6 is 0 Å². The smallest absolute Gasteiger partial charge is 0.119 e. The molecule has 0 aromatic heterocycles. The van der Waals surface area contributed by atoms with Gasteiger partial charge < -0.3 is 10.2 Å². The van der Waals surface area contributed by atoms with Crippen LogP contribution in [0.15, 0.2) is 18.7 Å². The zero-order chi connectivity index (χ0) is 11.8. The van der Waals surface area contributed by atoms with Crippen LogP contribution in [0.1, 0.15) is 29.2 Å². The van der Waals surface area contributed by atoms with Gasteiger partial charge in [-0.2, -0.15) is 0 Å². The minimum atomic E-state index is -1.05. The molecule has 2 N–H and O–H groups in total. The Kier molecular flexibility index (Phi) is 2.91. The fourth-order valence-corrected chi connectivity index (χ4v) is 1.94. The summed E-state index contributed by atoms with van der Waals surface area (Å²) in [5, 5.41) is 19.8. The van der Waals surface area contributed by atoms with Crippen LogP contribution in [0.4, 0.5) is 0 Å². The lowest BCUT2D eigenvalue weighted by atomic mass is 9.86. The van der Waals surface area contributed by atoms with Gasteiger partial charge in [0.05, 0.1) is 0 Å². The maximum absolute atomic E-state index is 10.2. The SMILES string of the molecule is C=CC(C)(O)c1c(C)cc(O)c(C)c1C. The summed E-state index contributed by atoms with van der Waals surface area (Å²) < 4.78 is 0. The first-order valence-corrected chi connectivity index (χ1v) is 4.97. The van der Waals surface area contributed by atoms with Gasteiger partial charge in [0.2, 0.25) is 0 Å². The van der Waals surface area contributed by atoms with E-state index < -0.39 is 5.60 Å². The number of hydrogen-bond acceptors (Lipinski definition) is 2. The third-order valence-corrected chi connectivity index (χ3v) is 2.97. The van der Waals surface area contributed by atoms with Crippen LogP contribution in [0, 0.1) is 20.8 Å². The van der Waals surface area contributed by atoms with Crippen molar-refractivity contribution in [1.29, 1.82) is 0 Å². The van der Waals surface area contributed by atoms with Crippen molar-refractivity contribution in [2.75, 3.05) is 0 Å². The molecule has 0 radical (unpaired) electrons. The van der Waals surface area contributed by atoms with E-state index in [1.165, 1.54) is 6.08 Å². The molecule has 15 heavy (non-hydrogen) atoms. The molecule has 0 fully saturated rings. The average Bonchev–Trinajstić information content (AvgIpc) is 2.14.